The molecule has 0 amide bonds. The summed E-state index contributed by atoms with van der Waals surface area (Å²) in [7, 11) is -7.58. The van der Waals surface area contributed by atoms with Crippen LogP contribution in [-0.2, 0) is 32.0 Å². The van der Waals surface area contributed by atoms with Gasteiger partial charge < -0.3 is 22.9 Å². The second-order valence-electron chi connectivity index (χ2n) is 5.51. The maximum absolute atomic E-state index is 13.3. The van der Waals surface area contributed by atoms with Crippen molar-refractivity contribution in [1.29, 1.82) is 0 Å². The zero-order chi connectivity index (χ0) is 18.8. The second-order valence-corrected chi connectivity index (χ2v) is 10.4. The van der Waals surface area contributed by atoms with Crippen LogP contribution in [0, 0.1) is 11.8 Å². The molecule has 0 rings (SSSR count). The summed E-state index contributed by atoms with van der Waals surface area (Å²) in [5.41, 5.74) is 0. The molecule has 0 fully saturated rings. The van der Waals surface area contributed by atoms with E-state index in [-0.39, 0.29) is 38.8 Å². The molecule has 144 valence electrons. The molecule has 0 saturated heterocycles. The van der Waals surface area contributed by atoms with Gasteiger partial charge in [0.05, 0.1) is 26.4 Å². The summed E-state index contributed by atoms with van der Waals surface area (Å²) >= 11 is 0. The van der Waals surface area contributed by atoms with Gasteiger partial charge in [-0.15, -0.1) is 0 Å². The van der Waals surface area contributed by atoms with E-state index in [1.807, 2.05) is 13.8 Å². The molecule has 24 heavy (non-hydrogen) atoms. The normalized spacial score (nSPS) is 14.3. The van der Waals surface area contributed by atoms with Gasteiger partial charge in [0.25, 0.3) is 0 Å². The SMILES string of the molecule is CCOP(=O)(OCC)C(C[C@H](C=O)C(C)C)P(=O)(OCC)OCC. The Bertz CT molecular complexity index is 403. The Morgan fingerprint density at radius 2 is 1.12 bits per heavy atom. The summed E-state index contributed by atoms with van der Waals surface area (Å²) < 4.78 is 48.1. The van der Waals surface area contributed by atoms with Crippen LogP contribution in [0.15, 0.2) is 0 Å². The van der Waals surface area contributed by atoms with E-state index >= 15 is 0 Å². The molecule has 0 aromatic carbocycles. The molecule has 1 atom stereocenters. The van der Waals surface area contributed by atoms with Crippen LogP contribution in [0.5, 0.6) is 0 Å². The minimum absolute atomic E-state index is 0.0154. The van der Waals surface area contributed by atoms with Gasteiger partial charge in [0.15, 0.2) is 5.40 Å². The van der Waals surface area contributed by atoms with Gasteiger partial charge in [0.2, 0.25) is 0 Å². The number of rotatable bonds is 14. The number of carbonyl (C=O) groups is 1. The summed E-state index contributed by atoms with van der Waals surface area (Å²) in [6.07, 6.45) is 0.831. The second kappa shape index (κ2) is 11.6. The zero-order valence-electron chi connectivity index (χ0n) is 15.6. The molecule has 0 aliphatic rings. The standard InChI is InChI=1S/C15H32O7P2/c1-7-19-23(17,20-8-2)15(11-14(12-16)13(5)6)24(18,21-9-3)22-10-4/h12-15H,7-11H2,1-6H3/t14-/m1/s1. The van der Waals surface area contributed by atoms with Crippen molar-refractivity contribution in [1.82, 2.24) is 0 Å². The highest BCUT2D eigenvalue weighted by Crippen LogP contribution is 2.72. The lowest BCUT2D eigenvalue weighted by molar-refractivity contribution is -0.112. The van der Waals surface area contributed by atoms with Crippen molar-refractivity contribution in [3.05, 3.63) is 0 Å². The van der Waals surface area contributed by atoms with Crippen LogP contribution < -0.4 is 0 Å². The molecule has 0 N–H and O–H groups in total. The molecule has 0 bridgehead atoms. The first-order valence-corrected chi connectivity index (χ1v) is 11.7. The van der Waals surface area contributed by atoms with Gasteiger partial charge >= 0.3 is 15.2 Å². The Kier molecular flexibility index (Phi) is 11.5. The molecule has 0 heterocycles. The first-order chi connectivity index (χ1) is 11.2. The van der Waals surface area contributed by atoms with E-state index < -0.39 is 26.5 Å². The van der Waals surface area contributed by atoms with Crippen molar-refractivity contribution >= 4 is 21.5 Å². The first-order valence-electron chi connectivity index (χ1n) is 8.47. The van der Waals surface area contributed by atoms with E-state index in [0.29, 0.717) is 0 Å². The van der Waals surface area contributed by atoms with Crippen LogP contribution in [-0.4, -0.2) is 38.1 Å². The molecule has 0 unspecified atom stereocenters. The fourth-order valence-electron chi connectivity index (χ4n) is 2.30. The number of hydrogen-bond donors (Lipinski definition) is 0. The molecule has 9 heteroatoms. The predicted molar refractivity (Wildman–Crippen MR) is 94.5 cm³/mol. The van der Waals surface area contributed by atoms with Gasteiger partial charge in [0, 0.05) is 5.92 Å². The van der Waals surface area contributed by atoms with Crippen molar-refractivity contribution in [3.8, 4) is 0 Å². The summed E-state index contributed by atoms with van der Waals surface area (Å²) in [6.45, 7) is 10.9. The maximum Gasteiger partial charge on any atom is 0.345 e. The van der Waals surface area contributed by atoms with Crippen molar-refractivity contribution < 1.29 is 32.0 Å². The molecule has 0 aliphatic carbocycles. The van der Waals surface area contributed by atoms with Crippen molar-refractivity contribution in [3.63, 3.8) is 0 Å². The van der Waals surface area contributed by atoms with Crippen LogP contribution in [0.2, 0.25) is 0 Å². The average molecular weight is 386 g/mol. The van der Waals surface area contributed by atoms with Crippen molar-refractivity contribution in [2.24, 2.45) is 11.8 Å². The largest absolute Gasteiger partial charge is 0.345 e. The molecule has 0 aromatic heterocycles. The lowest BCUT2D eigenvalue weighted by Crippen LogP contribution is -2.24. The van der Waals surface area contributed by atoms with Crippen molar-refractivity contribution in [2.45, 2.75) is 53.4 Å². The Labute approximate surface area is 145 Å². The summed E-state index contributed by atoms with van der Waals surface area (Å²) in [5, 5.41) is -1.14. The number of carbonyl (C=O) groups excluding carboxylic acids is 1. The Balaban J connectivity index is 5.99. The molecule has 0 spiro atoms. The molecule has 0 aromatic rings. The van der Waals surface area contributed by atoms with Crippen LogP contribution in [0.4, 0.5) is 0 Å². The topological polar surface area (TPSA) is 88.1 Å². The van der Waals surface area contributed by atoms with Gasteiger partial charge in [-0.25, -0.2) is 0 Å². The fourth-order valence-corrected chi connectivity index (χ4v) is 7.76. The molecule has 0 aliphatic heterocycles. The zero-order valence-corrected chi connectivity index (χ0v) is 17.4. The van der Waals surface area contributed by atoms with E-state index in [1.165, 1.54) is 0 Å². The smallest absolute Gasteiger partial charge is 0.308 e. The third-order valence-corrected chi connectivity index (χ3v) is 9.53. The van der Waals surface area contributed by atoms with Crippen LogP contribution in [0.1, 0.15) is 48.0 Å². The highest BCUT2D eigenvalue weighted by atomic mass is 31.2. The molecule has 0 saturated carbocycles. The highest BCUT2D eigenvalue weighted by Gasteiger charge is 2.51. The molecule has 0 radical (unpaired) electrons. The van der Waals surface area contributed by atoms with Gasteiger partial charge in [0.1, 0.15) is 6.29 Å². The Morgan fingerprint density at radius 3 is 1.33 bits per heavy atom. The minimum Gasteiger partial charge on any atom is -0.308 e. The van der Waals surface area contributed by atoms with Gasteiger partial charge in [-0.05, 0) is 40.0 Å². The number of hydrogen-bond acceptors (Lipinski definition) is 7. The maximum atomic E-state index is 13.3. The highest BCUT2D eigenvalue weighted by molar-refractivity contribution is 7.72. The first kappa shape index (κ1) is 24.0. The lowest BCUT2D eigenvalue weighted by Gasteiger charge is -2.33. The third-order valence-electron chi connectivity index (χ3n) is 3.48. The van der Waals surface area contributed by atoms with Gasteiger partial charge in [-0.3, -0.25) is 9.13 Å². The summed E-state index contributed by atoms with van der Waals surface area (Å²) in [4.78, 5) is 11.4. The molecule has 7 nitrogen and oxygen atoms in total. The van der Waals surface area contributed by atoms with E-state index in [1.54, 1.807) is 27.7 Å². The Morgan fingerprint density at radius 1 is 0.792 bits per heavy atom. The van der Waals surface area contributed by atoms with Crippen molar-refractivity contribution in [2.75, 3.05) is 26.4 Å². The predicted octanol–water partition coefficient (Wildman–Crippen LogP) is 4.71. The molecular weight excluding hydrogens is 354 g/mol. The van der Waals surface area contributed by atoms with E-state index in [4.69, 9.17) is 18.1 Å². The fraction of sp³-hybridized carbons (Fsp3) is 0.933. The third kappa shape index (κ3) is 6.70. The van der Waals surface area contributed by atoms with Crippen LogP contribution in [0.3, 0.4) is 0 Å². The summed E-state index contributed by atoms with van der Waals surface area (Å²) in [6, 6.07) is 0. The Hall–Kier alpha value is -0.0300. The number of aldehydes is 1. The van der Waals surface area contributed by atoms with Crippen LogP contribution >= 0.6 is 15.2 Å². The van der Waals surface area contributed by atoms with Gasteiger partial charge in [-0.1, -0.05) is 13.8 Å². The quantitative estimate of drug-likeness (QED) is 0.316. The van der Waals surface area contributed by atoms with E-state index in [0.717, 1.165) is 6.29 Å². The van der Waals surface area contributed by atoms with E-state index in [9.17, 15) is 13.9 Å². The summed E-state index contributed by atoms with van der Waals surface area (Å²) in [5.74, 6) is -0.475. The van der Waals surface area contributed by atoms with Gasteiger partial charge in [-0.2, -0.15) is 0 Å². The lowest BCUT2D eigenvalue weighted by atomic mass is 9.95. The molecular formula is C15H32O7P2. The minimum atomic E-state index is -3.79. The monoisotopic (exact) mass is 386 g/mol. The average Bonchev–Trinajstić information content (AvgIpc) is 2.48. The van der Waals surface area contributed by atoms with Crippen LogP contribution in [0.25, 0.3) is 0 Å². The van der Waals surface area contributed by atoms with E-state index in [2.05, 4.69) is 0 Å².